The fourth-order valence-corrected chi connectivity index (χ4v) is 1.55. The van der Waals surface area contributed by atoms with Crippen molar-refractivity contribution in [2.24, 2.45) is 0 Å². The molecule has 0 fully saturated rings. The second-order valence-corrected chi connectivity index (χ2v) is 4.87. The first-order valence-electron chi connectivity index (χ1n) is 6.10. The number of hydrogen-bond donors (Lipinski definition) is 2. The third kappa shape index (κ3) is 3.57. The predicted molar refractivity (Wildman–Crippen MR) is 73.3 cm³/mol. The van der Waals surface area contributed by atoms with E-state index in [1.807, 2.05) is 0 Å². The van der Waals surface area contributed by atoms with Gasteiger partial charge in [0.1, 0.15) is 12.1 Å². The van der Waals surface area contributed by atoms with E-state index in [9.17, 15) is 14.4 Å². The molecule has 0 saturated heterocycles. The van der Waals surface area contributed by atoms with E-state index in [0.29, 0.717) is 5.56 Å². The number of aliphatic carboxylic acids is 1. The Morgan fingerprint density at radius 1 is 1.20 bits per heavy atom. The fraction of sp³-hybridized carbons (Fsp3) is 0.357. The van der Waals surface area contributed by atoms with Gasteiger partial charge in [-0.3, -0.25) is 14.4 Å². The normalized spacial score (nSPS) is 10.8. The van der Waals surface area contributed by atoms with Crippen molar-refractivity contribution in [2.45, 2.75) is 19.4 Å². The van der Waals surface area contributed by atoms with Gasteiger partial charge in [0.2, 0.25) is 5.91 Å². The van der Waals surface area contributed by atoms with Gasteiger partial charge in [0.15, 0.2) is 0 Å². The van der Waals surface area contributed by atoms with Gasteiger partial charge in [-0.25, -0.2) is 0 Å². The molecule has 0 heterocycles. The van der Waals surface area contributed by atoms with E-state index >= 15 is 0 Å². The van der Waals surface area contributed by atoms with E-state index in [2.05, 4.69) is 5.32 Å². The van der Waals surface area contributed by atoms with Crippen molar-refractivity contribution < 1.29 is 19.5 Å². The zero-order valence-electron chi connectivity index (χ0n) is 11.7. The lowest BCUT2D eigenvalue weighted by Gasteiger charge is -2.34. The Hall–Kier alpha value is -2.37. The molecule has 20 heavy (non-hydrogen) atoms. The molecular formula is C14H18N2O4. The summed E-state index contributed by atoms with van der Waals surface area (Å²) < 4.78 is 0. The van der Waals surface area contributed by atoms with Crippen molar-refractivity contribution in [1.82, 2.24) is 10.2 Å². The summed E-state index contributed by atoms with van der Waals surface area (Å²) in [5.41, 5.74) is -0.684. The summed E-state index contributed by atoms with van der Waals surface area (Å²) in [5.74, 6) is -1.96. The van der Waals surface area contributed by atoms with Gasteiger partial charge in [0, 0.05) is 12.6 Å². The molecule has 0 bridgehead atoms. The molecule has 1 rings (SSSR count). The maximum absolute atomic E-state index is 12.3. The highest BCUT2D eigenvalue weighted by Gasteiger charge is 2.35. The molecule has 0 aromatic heterocycles. The zero-order chi connectivity index (χ0) is 15.3. The van der Waals surface area contributed by atoms with Gasteiger partial charge in [-0.15, -0.1) is 0 Å². The SMILES string of the molecule is CN(C(=O)c1ccccc1)C(C)(C)C(=O)NCC(=O)O. The molecular weight excluding hydrogens is 260 g/mol. The first-order valence-corrected chi connectivity index (χ1v) is 6.10. The molecule has 2 N–H and O–H groups in total. The molecule has 0 aliphatic rings. The topological polar surface area (TPSA) is 86.7 Å². The van der Waals surface area contributed by atoms with Crippen LogP contribution in [0.2, 0.25) is 0 Å². The van der Waals surface area contributed by atoms with Crippen LogP contribution in [0.15, 0.2) is 30.3 Å². The van der Waals surface area contributed by atoms with Crippen LogP contribution in [0.1, 0.15) is 24.2 Å². The lowest BCUT2D eigenvalue weighted by Crippen LogP contribution is -2.56. The minimum Gasteiger partial charge on any atom is -0.480 e. The molecule has 6 nitrogen and oxygen atoms in total. The van der Waals surface area contributed by atoms with Crippen LogP contribution in [0, 0.1) is 0 Å². The summed E-state index contributed by atoms with van der Waals surface area (Å²) in [7, 11) is 1.51. The van der Waals surface area contributed by atoms with Crippen molar-refractivity contribution in [3.63, 3.8) is 0 Å². The Morgan fingerprint density at radius 2 is 1.75 bits per heavy atom. The van der Waals surface area contributed by atoms with Crippen LogP contribution in [-0.4, -0.2) is 46.9 Å². The third-order valence-electron chi connectivity index (χ3n) is 3.12. The van der Waals surface area contributed by atoms with Gasteiger partial charge in [-0.05, 0) is 26.0 Å². The van der Waals surface area contributed by atoms with Crippen LogP contribution < -0.4 is 5.32 Å². The molecule has 0 aliphatic heterocycles. The highest BCUT2D eigenvalue weighted by atomic mass is 16.4. The van der Waals surface area contributed by atoms with Crippen LogP contribution in [-0.2, 0) is 9.59 Å². The number of carboxylic acid groups (broad SMARTS) is 1. The van der Waals surface area contributed by atoms with Gasteiger partial charge in [-0.1, -0.05) is 18.2 Å². The van der Waals surface area contributed by atoms with Crippen LogP contribution in [0.3, 0.4) is 0 Å². The van der Waals surface area contributed by atoms with Gasteiger partial charge < -0.3 is 15.3 Å². The molecule has 108 valence electrons. The van der Waals surface area contributed by atoms with Crippen molar-refractivity contribution in [2.75, 3.05) is 13.6 Å². The van der Waals surface area contributed by atoms with Crippen molar-refractivity contribution >= 4 is 17.8 Å². The standard InChI is InChI=1S/C14H18N2O4/c1-14(2,13(20)15-9-11(17)18)16(3)12(19)10-7-5-4-6-8-10/h4-8H,9H2,1-3H3,(H,15,20)(H,17,18). The number of hydrogen-bond acceptors (Lipinski definition) is 3. The van der Waals surface area contributed by atoms with Crippen LogP contribution in [0.4, 0.5) is 0 Å². The maximum Gasteiger partial charge on any atom is 0.322 e. The molecule has 1 aromatic rings. The van der Waals surface area contributed by atoms with Crippen molar-refractivity contribution in [1.29, 1.82) is 0 Å². The van der Waals surface area contributed by atoms with Crippen LogP contribution in [0.25, 0.3) is 0 Å². The number of rotatable bonds is 5. The Balaban J connectivity index is 2.83. The van der Waals surface area contributed by atoms with Crippen molar-refractivity contribution in [3.05, 3.63) is 35.9 Å². The zero-order valence-corrected chi connectivity index (χ0v) is 11.7. The second kappa shape index (κ2) is 6.18. The molecule has 0 unspecified atom stereocenters. The Labute approximate surface area is 117 Å². The Morgan fingerprint density at radius 3 is 2.25 bits per heavy atom. The highest BCUT2D eigenvalue weighted by molar-refractivity contribution is 5.99. The van der Waals surface area contributed by atoms with Gasteiger partial charge >= 0.3 is 5.97 Å². The lowest BCUT2D eigenvalue weighted by atomic mass is 10.0. The Bertz CT molecular complexity index is 511. The molecule has 0 spiro atoms. The molecule has 0 atom stereocenters. The first-order chi connectivity index (χ1) is 9.26. The summed E-state index contributed by atoms with van der Waals surface area (Å²) in [4.78, 5) is 36.0. The van der Waals surface area contributed by atoms with Crippen LogP contribution >= 0.6 is 0 Å². The number of likely N-dealkylation sites (N-methyl/N-ethyl adjacent to an activating group) is 1. The smallest absolute Gasteiger partial charge is 0.322 e. The summed E-state index contributed by atoms with van der Waals surface area (Å²) in [6.07, 6.45) is 0. The second-order valence-electron chi connectivity index (χ2n) is 4.87. The fourth-order valence-electron chi connectivity index (χ4n) is 1.55. The van der Waals surface area contributed by atoms with E-state index in [-0.39, 0.29) is 5.91 Å². The Kier molecular flexibility index (Phi) is 4.85. The minimum atomic E-state index is -1.15. The average Bonchev–Trinajstić information content (AvgIpc) is 2.43. The summed E-state index contributed by atoms with van der Waals surface area (Å²) in [5, 5.41) is 10.8. The molecule has 0 radical (unpaired) electrons. The van der Waals surface area contributed by atoms with E-state index in [1.165, 1.54) is 11.9 Å². The van der Waals surface area contributed by atoms with Crippen molar-refractivity contribution in [3.8, 4) is 0 Å². The average molecular weight is 278 g/mol. The number of amides is 2. The number of benzene rings is 1. The van der Waals surface area contributed by atoms with Crippen LogP contribution in [0.5, 0.6) is 0 Å². The third-order valence-corrected chi connectivity index (χ3v) is 3.12. The largest absolute Gasteiger partial charge is 0.480 e. The lowest BCUT2D eigenvalue weighted by molar-refractivity contribution is -0.139. The summed E-state index contributed by atoms with van der Waals surface area (Å²) in [6.45, 7) is 2.64. The number of carboxylic acids is 1. The molecule has 0 saturated carbocycles. The minimum absolute atomic E-state index is 0.305. The van der Waals surface area contributed by atoms with Gasteiger partial charge in [0.05, 0.1) is 0 Å². The quantitative estimate of drug-likeness (QED) is 0.831. The molecule has 0 aliphatic carbocycles. The number of nitrogens with zero attached hydrogens (tertiary/aromatic N) is 1. The van der Waals surface area contributed by atoms with Gasteiger partial charge in [-0.2, -0.15) is 0 Å². The first kappa shape index (κ1) is 15.7. The summed E-state index contributed by atoms with van der Waals surface area (Å²) in [6, 6.07) is 8.58. The van der Waals surface area contributed by atoms with E-state index in [4.69, 9.17) is 5.11 Å². The van der Waals surface area contributed by atoms with E-state index in [0.717, 1.165) is 0 Å². The monoisotopic (exact) mass is 278 g/mol. The van der Waals surface area contributed by atoms with Gasteiger partial charge in [0.25, 0.3) is 5.91 Å². The number of carbonyl (C=O) groups is 3. The van der Waals surface area contributed by atoms with E-state index < -0.39 is 24.0 Å². The predicted octanol–water partition coefficient (Wildman–Crippen LogP) is 0.738. The number of nitrogens with one attached hydrogen (secondary N) is 1. The van der Waals surface area contributed by atoms with E-state index in [1.54, 1.807) is 44.2 Å². The summed E-state index contributed by atoms with van der Waals surface area (Å²) >= 11 is 0. The molecule has 1 aromatic carbocycles. The molecule has 2 amide bonds. The number of carbonyl (C=O) groups excluding carboxylic acids is 2. The molecule has 6 heteroatoms. The highest BCUT2D eigenvalue weighted by Crippen LogP contribution is 2.16. The maximum atomic E-state index is 12.3.